The van der Waals surface area contributed by atoms with E-state index in [2.05, 4.69) is 21.2 Å². The first-order valence-corrected chi connectivity index (χ1v) is 16.9. The molecule has 3 aromatic carbocycles. The van der Waals surface area contributed by atoms with Crippen molar-refractivity contribution in [2.24, 2.45) is 0 Å². The zero-order chi connectivity index (χ0) is 31.1. The number of nitrogens with zero attached hydrogens (tertiary/aromatic N) is 2. The second kappa shape index (κ2) is 14.6. The summed E-state index contributed by atoms with van der Waals surface area (Å²) in [5.74, 6) is -0.595. The SMILES string of the molecule is COc1ccc(Cl)cc1N(CC(=O)N(Cc1cccc(Br)c1)C(C)C(=O)NC1CCCCC1)S(=O)(=O)c1ccc(C)cc1. The Bertz CT molecular complexity index is 1540. The Morgan fingerprint density at radius 3 is 2.40 bits per heavy atom. The third-order valence-electron chi connectivity index (χ3n) is 7.66. The summed E-state index contributed by atoms with van der Waals surface area (Å²) in [5.41, 5.74) is 1.79. The zero-order valence-electron chi connectivity index (χ0n) is 24.6. The number of carbonyl (C=O) groups excluding carboxylic acids is 2. The third-order valence-corrected chi connectivity index (χ3v) is 10.2. The van der Waals surface area contributed by atoms with Crippen LogP contribution in [0.4, 0.5) is 5.69 Å². The van der Waals surface area contributed by atoms with Crippen molar-refractivity contribution in [1.82, 2.24) is 10.2 Å². The van der Waals surface area contributed by atoms with Gasteiger partial charge in [-0.1, -0.05) is 76.6 Å². The first-order chi connectivity index (χ1) is 20.5. The van der Waals surface area contributed by atoms with E-state index < -0.39 is 28.5 Å². The van der Waals surface area contributed by atoms with Gasteiger partial charge >= 0.3 is 0 Å². The van der Waals surface area contributed by atoms with Gasteiger partial charge in [0.15, 0.2) is 0 Å². The van der Waals surface area contributed by atoms with E-state index in [1.54, 1.807) is 31.2 Å². The molecule has 2 amide bonds. The summed E-state index contributed by atoms with van der Waals surface area (Å²) in [6.45, 7) is 3.05. The van der Waals surface area contributed by atoms with Crippen molar-refractivity contribution in [2.75, 3.05) is 18.0 Å². The molecule has 4 rings (SSSR count). The van der Waals surface area contributed by atoms with Crippen LogP contribution in [0.25, 0.3) is 0 Å². The number of halogens is 2. The van der Waals surface area contributed by atoms with Gasteiger partial charge in [0.2, 0.25) is 11.8 Å². The highest BCUT2D eigenvalue weighted by Gasteiger charge is 2.34. The van der Waals surface area contributed by atoms with Gasteiger partial charge in [-0.05, 0) is 74.7 Å². The molecule has 0 heterocycles. The first kappa shape index (κ1) is 32.8. The molecule has 0 spiro atoms. The molecule has 230 valence electrons. The average Bonchev–Trinajstić information content (AvgIpc) is 2.99. The zero-order valence-corrected chi connectivity index (χ0v) is 27.7. The predicted octanol–water partition coefficient (Wildman–Crippen LogP) is 6.48. The van der Waals surface area contributed by atoms with Crippen molar-refractivity contribution < 1.29 is 22.7 Å². The van der Waals surface area contributed by atoms with Crippen molar-refractivity contribution in [3.8, 4) is 5.75 Å². The van der Waals surface area contributed by atoms with Crippen LogP contribution in [0.2, 0.25) is 5.02 Å². The maximum absolute atomic E-state index is 14.2. The number of hydrogen-bond acceptors (Lipinski definition) is 5. The molecule has 1 N–H and O–H groups in total. The quantitative estimate of drug-likeness (QED) is 0.249. The highest BCUT2D eigenvalue weighted by Crippen LogP contribution is 2.35. The van der Waals surface area contributed by atoms with Crippen molar-refractivity contribution in [1.29, 1.82) is 0 Å². The van der Waals surface area contributed by atoms with Crippen molar-refractivity contribution in [2.45, 2.75) is 69.5 Å². The van der Waals surface area contributed by atoms with E-state index in [1.807, 2.05) is 31.2 Å². The summed E-state index contributed by atoms with van der Waals surface area (Å²) in [7, 11) is -2.84. The second-order valence-electron chi connectivity index (χ2n) is 10.8. The number of amides is 2. The van der Waals surface area contributed by atoms with Crippen LogP contribution in [0.1, 0.15) is 50.2 Å². The van der Waals surface area contributed by atoms with Gasteiger partial charge in [-0.25, -0.2) is 8.42 Å². The number of methoxy groups -OCH3 is 1. The number of aryl methyl sites for hydroxylation is 1. The Balaban J connectivity index is 1.73. The molecule has 1 saturated carbocycles. The van der Waals surface area contributed by atoms with Gasteiger partial charge in [0.1, 0.15) is 18.3 Å². The summed E-state index contributed by atoms with van der Waals surface area (Å²) in [4.78, 5) is 29.1. The molecule has 8 nitrogen and oxygen atoms in total. The average molecular weight is 691 g/mol. The van der Waals surface area contributed by atoms with Gasteiger partial charge in [0, 0.05) is 22.1 Å². The summed E-state index contributed by atoms with van der Waals surface area (Å²) in [5, 5.41) is 3.39. The largest absolute Gasteiger partial charge is 0.495 e. The van der Waals surface area contributed by atoms with Crippen LogP contribution in [-0.2, 0) is 26.2 Å². The maximum atomic E-state index is 14.2. The Morgan fingerprint density at radius 1 is 1.05 bits per heavy atom. The van der Waals surface area contributed by atoms with E-state index in [1.165, 1.54) is 30.2 Å². The number of anilines is 1. The topological polar surface area (TPSA) is 96.0 Å². The number of carbonyl (C=O) groups is 2. The number of hydrogen-bond donors (Lipinski definition) is 1. The van der Waals surface area contributed by atoms with Crippen molar-refractivity contribution >= 4 is 55.1 Å². The molecule has 1 unspecified atom stereocenters. The van der Waals surface area contributed by atoms with Gasteiger partial charge in [-0.15, -0.1) is 0 Å². The molecule has 0 saturated heterocycles. The molecular weight excluding hydrogens is 654 g/mol. The fourth-order valence-electron chi connectivity index (χ4n) is 5.19. The molecular formula is C32H37BrClN3O5S. The normalized spacial score (nSPS) is 14.5. The van der Waals surface area contributed by atoms with Crippen LogP contribution in [0.5, 0.6) is 5.75 Å². The van der Waals surface area contributed by atoms with Gasteiger partial charge in [-0.3, -0.25) is 13.9 Å². The molecule has 0 radical (unpaired) electrons. The van der Waals surface area contributed by atoms with Crippen LogP contribution in [-0.4, -0.2) is 50.9 Å². The Morgan fingerprint density at radius 2 is 1.74 bits per heavy atom. The molecule has 43 heavy (non-hydrogen) atoms. The van der Waals surface area contributed by atoms with Crippen LogP contribution in [0, 0.1) is 6.92 Å². The molecule has 1 aliphatic rings. The van der Waals surface area contributed by atoms with Gasteiger partial charge in [-0.2, -0.15) is 0 Å². The maximum Gasteiger partial charge on any atom is 0.264 e. The lowest BCUT2D eigenvalue weighted by Crippen LogP contribution is -2.53. The number of rotatable bonds is 11. The minimum atomic E-state index is -4.26. The van der Waals surface area contributed by atoms with Gasteiger partial charge in [0.25, 0.3) is 10.0 Å². The van der Waals surface area contributed by atoms with Crippen molar-refractivity contribution in [3.63, 3.8) is 0 Å². The van der Waals surface area contributed by atoms with Crippen LogP contribution in [0.3, 0.4) is 0 Å². The van der Waals surface area contributed by atoms with Gasteiger partial charge in [0.05, 0.1) is 17.7 Å². The fourth-order valence-corrected chi connectivity index (χ4v) is 7.22. The first-order valence-electron chi connectivity index (χ1n) is 14.3. The molecule has 0 aromatic heterocycles. The Labute approximate surface area is 267 Å². The highest BCUT2D eigenvalue weighted by molar-refractivity contribution is 9.10. The van der Waals surface area contributed by atoms with Crippen molar-refractivity contribution in [3.05, 3.63) is 87.4 Å². The second-order valence-corrected chi connectivity index (χ2v) is 14.0. The number of benzene rings is 3. The standard InChI is InChI=1S/C32H37BrClN3O5S/c1-22-12-15-28(16-13-22)43(40,41)37(29-19-26(34)14-17-30(29)42-3)21-31(38)36(20-24-8-7-9-25(33)18-24)23(2)32(39)35-27-10-5-4-6-11-27/h7-9,12-19,23,27H,4-6,10-11,20-21H2,1-3H3,(H,35,39). The highest BCUT2D eigenvalue weighted by atomic mass is 79.9. The molecule has 11 heteroatoms. The van der Waals surface area contributed by atoms with E-state index in [0.29, 0.717) is 0 Å². The van der Waals surface area contributed by atoms with E-state index in [4.69, 9.17) is 16.3 Å². The van der Waals surface area contributed by atoms with Crippen LogP contribution in [0.15, 0.2) is 76.1 Å². The molecule has 3 aromatic rings. The third kappa shape index (κ3) is 8.31. The minimum Gasteiger partial charge on any atom is -0.495 e. The van der Waals surface area contributed by atoms with E-state index in [0.717, 1.165) is 52.0 Å². The molecule has 0 bridgehead atoms. The van der Waals surface area contributed by atoms with E-state index >= 15 is 0 Å². The van der Waals surface area contributed by atoms with Gasteiger partial charge < -0.3 is 15.0 Å². The fraction of sp³-hybridized carbons (Fsp3) is 0.375. The summed E-state index contributed by atoms with van der Waals surface area (Å²) >= 11 is 9.79. The lowest BCUT2D eigenvalue weighted by molar-refractivity contribution is -0.139. The Kier molecular flexibility index (Phi) is 11.1. The smallest absolute Gasteiger partial charge is 0.264 e. The molecule has 0 aliphatic heterocycles. The number of sulfonamides is 1. The van der Waals surface area contributed by atoms with E-state index in [-0.39, 0.29) is 39.8 Å². The molecule has 1 atom stereocenters. The van der Waals surface area contributed by atoms with Crippen LogP contribution >= 0.6 is 27.5 Å². The Hall–Kier alpha value is -3.08. The lowest BCUT2D eigenvalue weighted by atomic mass is 9.95. The predicted molar refractivity (Wildman–Crippen MR) is 173 cm³/mol. The molecule has 1 fully saturated rings. The lowest BCUT2D eigenvalue weighted by Gasteiger charge is -2.33. The summed E-state index contributed by atoms with van der Waals surface area (Å²) in [6, 6.07) is 17.6. The number of ether oxygens (including phenoxy) is 1. The minimum absolute atomic E-state index is 0.00885. The van der Waals surface area contributed by atoms with E-state index in [9.17, 15) is 18.0 Å². The summed E-state index contributed by atoms with van der Waals surface area (Å²) < 4.78 is 35.6. The monoisotopic (exact) mass is 689 g/mol. The summed E-state index contributed by atoms with van der Waals surface area (Å²) in [6.07, 6.45) is 5.04. The molecule has 1 aliphatic carbocycles. The van der Waals surface area contributed by atoms with Crippen LogP contribution < -0.4 is 14.4 Å². The number of nitrogens with one attached hydrogen (secondary N) is 1.